The number of ether oxygens (including phenoxy) is 2. The first kappa shape index (κ1) is 17.8. The number of carbonyl (C=O) groups excluding carboxylic acids is 1. The average Bonchev–Trinajstić information content (AvgIpc) is 2.62. The maximum Gasteiger partial charge on any atom is 0.237 e. The maximum atomic E-state index is 12.0. The molecule has 3 N–H and O–H groups in total. The molecule has 1 amide bonds. The molecule has 5 nitrogen and oxygen atoms in total. The van der Waals surface area contributed by atoms with Gasteiger partial charge in [0.05, 0.1) is 19.8 Å². The third-order valence-corrected chi connectivity index (χ3v) is 3.57. The number of carbonyl (C=O) groups is 1. The molecule has 0 heterocycles. The standard InChI is InChI=1S/C19H24N2O3/c1-23-16-9-5-10-17(14-16)24-12-6-11-21-19(22)18(20)13-15-7-3-2-4-8-15/h2-5,7-10,14,18H,6,11-13,20H2,1H3,(H,21,22)/t18-/m0/s1. The Kier molecular flexibility index (Phi) is 7.11. The molecule has 24 heavy (non-hydrogen) atoms. The predicted octanol–water partition coefficient (Wildman–Crippen LogP) is 2.15. The van der Waals surface area contributed by atoms with Crippen molar-refractivity contribution >= 4 is 5.91 Å². The van der Waals surface area contributed by atoms with Gasteiger partial charge in [-0.15, -0.1) is 0 Å². The van der Waals surface area contributed by atoms with Crippen molar-refractivity contribution in [3.63, 3.8) is 0 Å². The third-order valence-electron chi connectivity index (χ3n) is 3.57. The molecule has 0 saturated heterocycles. The zero-order valence-corrected chi connectivity index (χ0v) is 13.9. The second kappa shape index (κ2) is 9.57. The van der Waals surface area contributed by atoms with Gasteiger partial charge in [0.1, 0.15) is 11.5 Å². The fraction of sp³-hybridized carbons (Fsp3) is 0.316. The van der Waals surface area contributed by atoms with Gasteiger partial charge < -0.3 is 20.5 Å². The molecule has 5 heteroatoms. The van der Waals surface area contributed by atoms with E-state index in [-0.39, 0.29) is 5.91 Å². The van der Waals surface area contributed by atoms with E-state index in [1.54, 1.807) is 7.11 Å². The summed E-state index contributed by atoms with van der Waals surface area (Å²) < 4.78 is 10.8. The van der Waals surface area contributed by atoms with Crippen LogP contribution < -0.4 is 20.5 Å². The Morgan fingerprint density at radius 3 is 2.62 bits per heavy atom. The monoisotopic (exact) mass is 328 g/mol. The third kappa shape index (κ3) is 5.93. The van der Waals surface area contributed by atoms with E-state index in [2.05, 4.69) is 5.32 Å². The summed E-state index contributed by atoms with van der Waals surface area (Å²) in [5.74, 6) is 1.37. The summed E-state index contributed by atoms with van der Waals surface area (Å²) in [6, 6.07) is 16.7. The number of amides is 1. The molecular formula is C19H24N2O3. The Morgan fingerprint density at radius 1 is 1.12 bits per heavy atom. The highest BCUT2D eigenvalue weighted by Gasteiger charge is 2.13. The number of hydrogen-bond donors (Lipinski definition) is 2. The fourth-order valence-corrected chi connectivity index (χ4v) is 2.26. The molecule has 0 aliphatic carbocycles. The predicted molar refractivity (Wildman–Crippen MR) is 94.2 cm³/mol. The van der Waals surface area contributed by atoms with Gasteiger partial charge in [-0.2, -0.15) is 0 Å². The average molecular weight is 328 g/mol. The molecule has 0 fully saturated rings. The van der Waals surface area contributed by atoms with Crippen LogP contribution in [-0.2, 0) is 11.2 Å². The van der Waals surface area contributed by atoms with Crippen molar-refractivity contribution in [1.29, 1.82) is 0 Å². The first-order valence-electron chi connectivity index (χ1n) is 8.03. The van der Waals surface area contributed by atoms with Crippen molar-refractivity contribution < 1.29 is 14.3 Å². The lowest BCUT2D eigenvalue weighted by Crippen LogP contribution is -2.42. The molecule has 0 aromatic heterocycles. The lowest BCUT2D eigenvalue weighted by atomic mass is 10.1. The van der Waals surface area contributed by atoms with E-state index in [1.807, 2.05) is 54.6 Å². The first-order valence-corrected chi connectivity index (χ1v) is 8.03. The smallest absolute Gasteiger partial charge is 0.237 e. The van der Waals surface area contributed by atoms with Crippen LogP contribution in [0.25, 0.3) is 0 Å². The Hall–Kier alpha value is -2.53. The summed E-state index contributed by atoms with van der Waals surface area (Å²) in [6.45, 7) is 1.05. The van der Waals surface area contributed by atoms with Crippen molar-refractivity contribution in [2.45, 2.75) is 18.9 Å². The number of methoxy groups -OCH3 is 1. The van der Waals surface area contributed by atoms with Gasteiger partial charge in [-0.3, -0.25) is 4.79 Å². The molecule has 2 aromatic rings. The van der Waals surface area contributed by atoms with Crippen LogP contribution in [0.15, 0.2) is 54.6 Å². The highest BCUT2D eigenvalue weighted by molar-refractivity contribution is 5.81. The van der Waals surface area contributed by atoms with Crippen LogP contribution in [0.4, 0.5) is 0 Å². The van der Waals surface area contributed by atoms with Crippen molar-refractivity contribution in [1.82, 2.24) is 5.32 Å². The Bertz CT molecular complexity index is 632. The van der Waals surface area contributed by atoms with Crippen LogP contribution in [0, 0.1) is 0 Å². The van der Waals surface area contributed by atoms with Crippen molar-refractivity contribution in [2.24, 2.45) is 5.73 Å². The molecule has 0 radical (unpaired) electrons. The molecule has 2 rings (SSSR count). The topological polar surface area (TPSA) is 73.6 Å². The zero-order valence-electron chi connectivity index (χ0n) is 13.9. The van der Waals surface area contributed by atoms with E-state index in [0.29, 0.717) is 26.0 Å². The number of rotatable bonds is 9. The summed E-state index contributed by atoms with van der Waals surface area (Å²) in [6.07, 6.45) is 1.24. The van der Waals surface area contributed by atoms with Gasteiger partial charge >= 0.3 is 0 Å². The Balaban J connectivity index is 1.63. The second-order valence-corrected chi connectivity index (χ2v) is 5.47. The molecule has 0 aliphatic heterocycles. The van der Waals surface area contributed by atoms with Crippen LogP contribution in [0.2, 0.25) is 0 Å². The molecule has 128 valence electrons. The van der Waals surface area contributed by atoms with Gasteiger partial charge in [-0.05, 0) is 30.5 Å². The second-order valence-electron chi connectivity index (χ2n) is 5.47. The largest absolute Gasteiger partial charge is 0.497 e. The molecular weight excluding hydrogens is 304 g/mol. The molecule has 2 aromatic carbocycles. The van der Waals surface area contributed by atoms with E-state index in [0.717, 1.165) is 17.1 Å². The fourth-order valence-electron chi connectivity index (χ4n) is 2.26. The van der Waals surface area contributed by atoms with E-state index in [4.69, 9.17) is 15.2 Å². The first-order chi connectivity index (χ1) is 11.7. The van der Waals surface area contributed by atoms with Gasteiger partial charge in [-0.25, -0.2) is 0 Å². The SMILES string of the molecule is COc1cccc(OCCCNC(=O)[C@@H](N)Cc2ccccc2)c1. The lowest BCUT2D eigenvalue weighted by molar-refractivity contribution is -0.122. The minimum atomic E-state index is -0.535. The highest BCUT2D eigenvalue weighted by atomic mass is 16.5. The number of hydrogen-bond acceptors (Lipinski definition) is 4. The normalized spacial score (nSPS) is 11.6. The maximum absolute atomic E-state index is 12.0. The van der Waals surface area contributed by atoms with Gasteiger partial charge in [0.2, 0.25) is 5.91 Å². The number of benzene rings is 2. The molecule has 0 saturated carbocycles. The van der Waals surface area contributed by atoms with E-state index < -0.39 is 6.04 Å². The Labute approximate surface area is 142 Å². The van der Waals surface area contributed by atoms with E-state index in [9.17, 15) is 4.79 Å². The highest BCUT2D eigenvalue weighted by Crippen LogP contribution is 2.18. The van der Waals surface area contributed by atoms with Crippen molar-refractivity contribution in [2.75, 3.05) is 20.3 Å². The van der Waals surface area contributed by atoms with Gasteiger partial charge in [0.15, 0.2) is 0 Å². The molecule has 1 atom stereocenters. The molecule has 0 bridgehead atoms. The minimum Gasteiger partial charge on any atom is -0.497 e. The van der Waals surface area contributed by atoms with E-state index in [1.165, 1.54) is 0 Å². The van der Waals surface area contributed by atoms with Gasteiger partial charge in [0.25, 0.3) is 0 Å². The van der Waals surface area contributed by atoms with Crippen molar-refractivity contribution in [3.05, 3.63) is 60.2 Å². The quantitative estimate of drug-likeness (QED) is 0.692. The summed E-state index contributed by atoms with van der Waals surface area (Å²) in [7, 11) is 1.62. The Morgan fingerprint density at radius 2 is 1.88 bits per heavy atom. The molecule has 0 spiro atoms. The number of nitrogens with two attached hydrogens (primary N) is 1. The lowest BCUT2D eigenvalue weighted by Gasteiger charge is -2.13. The summed E-state index contributed by atoms with van der Waals surface area (Å²) in [4.78, 5) is 12.0. The van der Waals surface area contributed by atoms with E-state index >= 15 is 0 Å². The van der Waals surface area contributed by atoms with Gasteiger partial charge in [0, 0.05) is 12.6 Å². The van der Waals surface area contributed by atoms with Gasteiger partial charge in [-0.1, -0.05) is 36.4 Å². The van der Waals surface area contributed by atoms with Crippen LogP contribution >= 0.6 is 0 Å². The van der Waals surface area contributed by atoms with Crippen LogP contribution in [-0.4, -0.2) is 32.2 Å². The summed E-state index contributed by atoms with van der Waals surface area (Å²) in [5, 5.41) is 2.84. The minimum absolute atomic E-state index is 0.139. The van der Waals surface area contributed by atoms with Crippen LogP contribution in [0.5, 0.6) is 11.5 Å². The van der Waals surface area contributed by atoms with Crippen LogP contribution in [0.1, 0.15) is 12.0 Å². The summed E-state index contributed by atoms with van der Waals surface area (Å²) in [5.41, 5.74) is 6.99. The molecule has 0 unspecified atom stereocenters. The van der Waals surface area contributed by atoms with Crippen molar-refractivity contribution in [3.8, 4) is 11.5 Å². The number of nitrogens with one attached hydrogen (secondary N) is 1. The van der Waals surface area contributed by atoms with Crippen LogP contribution in [0.3, 0.4) is 0 Å². The molecule has 0 aliphatic rings. The summed E-state index contributed by atoms with van der Waals surface area (Å²) >= 11 is 0. The zero-order chi connectivity index (χ0) is 17.2.